The molecule has 0 amide bonds. The zero-order chi connectivity index (χ0) is 15.6. The molecule has 1 aromatic rings. The number of aliphatic hydroxyl groups excluding tert-OH is 1. The van der Waals surface area contributed by atoms with Crippen LogP contribution in [0.2, 0.25) is 0 Å². The average molecular weight is 299 g/mol. The largest absolute Gasteiger partial charge is 0.394 e. The minimum atomic E-state index is 0.00656. The Bertz CT molecular complexity index is 448. The molecule has 0 saturated heterocycles. The van der Waals surface area contributed by atoms with Gasteiger partial charge < -0.3 is 10.4 Å². The Kier molecular flexibility index (Phi) is 7.41. The first-order valence-electron chi connectivity index (χ1n) is 8.54. The fourth-order valence-corrected chi connectivity index (χ4v) is 3.35. The van der Waals surface area contributed by atoms with Gasteiger partial charge in [0.2, 0.25) is 0 Å². The van der Waals surface area contributed by atoms with E-state index in [-0.39, 0.29) is 12.6 Å². The second-order valence-corrected chi connectivity index (χ2v) is 6.25. The third-order valence-electron chi connectivity index (χ3n) is 4.58. The lowest BCUT2D eigenvalue weighted by Crippen LogP contribution is -2.44. The molecule has 1 aromatic carbocycles. The summed E-state index contributed by atoms with van der Waals surface area (Å²) in [5.74, 6) is 0.714. The SMILES string of the molecule is C=CC[C@H](N[C@H](C=Cc1ccccc1)CO)C1CCCCC1. The highest BCUT2D eigenvalue weighted by Crippen LogP contribution is 2.28. The van der Waals surface area contributed by atoms with Crippen molar-refractivity contribution in [2.75, 3.05) is 6.61 Å². The van der Waals surface area contributed by atoms with E-state index >= 15 is 0 Å². The summed E-state index contributed by atoms with van der Waals surface area (Å²) >= 11 is 0. The van der Waals surface area contributed by atoms with Crippen LogP contribution in [0.3, 0.4) is 0 Å². The first kappa shape index (κ1) is 17.0. The molecular weight excluding hydrogens is 270 g/mol. The number of rotatable bonds is 8. The molecule has 1 saturated carbocycles. The molecule has 0 bridgehead atoms. The molecule has 0 spiro atoms. The molecule has 0 aromatic heterocycles. The number of hydrogen-bond acceptors (Lipinski definition) is 2. The van der Waals surface area contributed by atoms with Crippen molar-refractivity contribution < 1.29 is 5.11 Å². The summed E-state index contributed by atoms with van der Waals surface area (Å²) in [5, 5.41) is 13.3. The molecular formula is C20H29NO. The van der Waals surface area contributed by atoms with Crippen molar-refractivity contribution in [1.29, 1.82) is 0 Å². The smallest absolute Gasteiger partial charge is 0.0620 e. The quantitative estimate of drug-likeness (QED) is 0.706. The van der Waals surface area contributed by atoms with Gasteiger partial charge in [-0.1, -0.05) is 67.8 Å². The molecule has 2 atom stereocenters. The number of benzene rings is 1. The molecule has 0 heterocycles. The Morgan fingerprint density at radius 2 is 1.91 bits per heavy atom. The second-order valence-electron chi connectivity index (χ2n) is 6.25. The van der Waals surface area contributed by atoms with Crippen LogP contribution in [0.25, 0.3) is 6.08 Å². The highest BCUT2D eigenvalue weighted by molar-refractivity contribution is 5.49. The van der Waals surface area contributed by atoms with Crippen molar-refractivity contribution in [3.8, 4) is 0 Å². The van der Waals surface area contributed by atoms with Crippen molar-refractivity contribution in [3.63, 3.8) is 0 Å². The Morgan fingerprint density at radius 1 is 1.18 bits per heavy atom. The molecule has 2 N–H and O–H groups in total. The van der Waals surface area contributed by atoms with E-state index < -0.39 is 0 Å². The molecule has 1 aliphatic rings. The molecule has 120 valence electrons. The van der Waals surface area contributed by atoms with Crippen LogP contribution in [0.4, 0.5) is 0 Å². The zero-order valence-corrected chi connectivity index (χ0v) is 13.5. The third-order valence-corrected chi connectivity index (χ3v) is 4.58. The summed E-state index contributed by atoms with van der Waals surface area (Å²) in [5.41, 5.74) is 1.17. The van der Waals surface area contributed by atoms with Gasteiger partial charge in [-0.05, 0) is 30.7 Å². The van der Waals surface area contributed by atoms with E-state index in [0.717, 1.165) is 6.42 Å². The van der Waals surface area contributed by atoms with Gasteiger partial charge in [-0.3, -0.25) is 0 Å². The Labute approximate surface area is 134 Å². The van der Waals surface area contributed by atoms with Gasteiger partial charge in [-0.2, -0.15) is 0 Å². The average Bonchev–Trinajstić information content (AvgIpc) is 2.59. The number of aliphatic hydroxyl groups is 1. The maximum Gasteiger partial charge on any atom is 0.0620 e. The molecule has 2 heteroatoms. The molecule has 2 rings (SSSR count). The fourth-order valence-electron chi connectivity index (χ4n) is 3.35. The van der Waals surface area contributed by atoms with Crippen LogP contribution in [0.5, 0.6) is 0 Å². The summed E-state index contributed by atoms with van der Waals surface area (Å²) in [6.07, 6.45) is 13.8. The summed E-state index contributed by atoms with van der Waals surface area (Å²) in [6.45, 7) is 4.03. The molecule has 2 nitrogen and oxygen atoms in total. The lowest BCUT2D eigenvalue weighted by Gasteiger charge is -2.32. The third kappa shape index (κ3) is 5.43. The van der Waals surface area contributed by atoms with Crippen LogP contribution in [-0.2, 0) is 0 Å². The lowest BCUT2D eigenvalue weighted by atomic mass is 9.82. The standard InChI is InChI=1S/C20H29NO/c1-2-9-20(18-12-7-4-8-13-18)21-19(16-22)15-14-17-10-5-3-6-11-17/h2-3,5-6,10-11,14-15,18-22H,1,4,7-9,12-13,16H2/t19-,20+/m1/s1. The maximum atomic E-state index is 9.68. The van der Waals surface area contributed by atoms with E-state index in [1.54, 1.807) is 0 Å². The van der Waals surface area contributed by atoms with Gasteiger partial charge >= 0.3 is 0 Å². The summed E-state index contributed by atoms with van der Waals surface area (Å²) in [4.78, 5) is 0. The molecule has 1 aliphatic carbocycles. The Morgan fingerprint density at radius 3 is 2.55 bits per heavy atom. The van der Waals surface area contributed by atoms with Gasteiger partial charge in [-0.25, -0.2) is 0 Å². The van der Waals surface area contributed by atoms with Gasteiger partial charge in [0.05, 0.1) is 6.61 Å². The summed E-state index contributed by atoms with van der Waals surface area (Å²) in [7, 11) is 0. The zero-order valence-electron chi connectivity index (χ0n) is 13.5. The fraction of sp³-hybridized carbons (Fsp3) is 0.500. The minimum Gasteiger partial charge on any atom is -0.394 e. The van der Waals surface area contributed by atoms with Gasteiger partial charge in [0, 0.05) is 12.1 Å². The second kappa shape index (κ2) is 9.60. The van der Waals surface area contributed by atoms with Crippen LogP contribution < -0.4 is 5.32 Å². The van der Waals surface area contributed by atoms with Crippen LogP contribution in [-0.4, -0.2) is 23.8 Å². The maximum absolute atomic E-state index is 9.68. The van der Waals surface area contributed by atoms with Gasteiger partial charge in [0.1, 0.15) is 0 Å². The minimum absolute atomic E-state index is 0.00656. The van der Waals surface area contributed by atoms with E-state index in [4.69, 9.17) is 0 Å². The monoisotopic (exact) mass is 299 g/mol. The summed E-state index contributed by atoms with van der Waals surface area (Å²) < 4.78 is 0. The van der Waals surface area contributed by atoms with E-state index in [1.807, 2.05) is 24.3 Å². The predicted octanol–water partition coefficient (Wildman–Crippen LogP) is 4.18. The van der Waals surface area contributed by atoms with Crippen molar-refractivity contribution in [2.24, 2.45) is 5.92 Å². The Hall–Kier alpha value is -1.38. The summed E-state index contributed by atoms with van der Waals surface area (Å²) in [6, 6.07) is 10.7. The number of nitrogens with one attached hydrogen (secondary N) is 1. The van der Waals surface area contributed by atoms with Gasteiger partial charge in [-0.15, -0.1) is 6.58 Å². The van der Waals surface area contributed by atoms with Gasteiger partial charge in [0.25, 0.3) is 0 Å². The van der Waals surface area contributed by atoms with E-state index in [0.29, 0.717) is 12.0 Å². The van der Waals surface area contributed by atoms with Crippen LogP contribution in [0.15, 0.2) is 49.1 Å². The van der Waals surface area contributed by atoms with Crippen molar-refractivity contribution >= 4 is 6.08 Å². The lowest BCUT2D eigenvalue weighted by molar-refractivity contribution is 0.215. The molecule has 0 unspecified atom stereocenters. The van der Waals surface area contributed by atoms with E-state index in [9.17, 15) is 5.11 Å². The van der Waals surface area contributed by atoms with Gasteiger partial charge in [0.15, 0.2) is 0 Å². The van der Waals surface area contributed by atoms with E-state index in [1.165, 1.54) is 37.7 Å². The van der Waals surface area contributed by atoms with Crippen LogP contribution >= 0.6 is 0 Å². The van der Waals surface area contributed by atoms with Crippen molar-refractivity contribution in [2.45, 2.75) is 50.6 Å². The molecule has 1 fully saturated rings. The highest BCUT2D eigenvalue weighted by atomic mass is 16.3. The molecule has 0 radical (unpaired) electrons. The first-order chi connectivity index (χ1) is 10.8. The molecule has 22 heavy (non-hydrogen) atoms. The molecule has 0 aliphatic heterocycles. The number of hydrogen-bond donors (Lipinski definition) is 2. The van der Waals surface area contributed by atoms with Crippen molar-refractivity contribution in [1.82, 2.24) is 5.32 Å². The van der Waals surface area contributed by atoms with Crippen molar-refractivity contribution in [3.05, 3.63) is 54.6 Å². The topological polar surface area (TPSA) is 32.3 Å². The highest BCUT2D eigenvalue weighted by Gasteiger charge is 2.23. The Balaban J connectivity index is 1.96. The van der Waals surface area contributed by atoms with Crippen LogP contribution in [0, 0.1) is 5.92 Å². The van der Waals surface area contributed by atoms with Crippen LogP contribution in [0.1, 0.15) is 44.1 Å². The predicted molar refractivity (Wildman–Crippen MR) is 94.7 cm³/mol. The normalized spacial score (nSPS) is 19.1. The first-order valence-corrected chi connectivity index (χ1v) is 8.54. The van der Waals surface area contributed by atoms with E-state index in [2.05, 4.69) is 36.2 Å².